The van der Waals surface area contributed by atoms with Gasteiger partial charge in [-0.05, 0) is 341 Å². The van der Waals surface area contributed by atoms with Gasteiger partial charge in [-0.25, -0.2) is 0 Å². The number of rotatable bonds is 4. The number of piperidine rings is 8. The van der Waals surface area contributed by atoms with Gasteiger partial charge in [0.2, 0.25) is 0 Å². The topological polar surface area (TPSA) is 13.0 Å². The van der Waals surface area contributed by atoms with Gasteiger partial charge in [0.15, 0.2) is 0 Å². The van der Waals surface area contributed by atoms with Gasteiger partial charge < -0.3 is 19.6 Å². The second kappa shape index (κ2) is 21.3. The summed E-state index contributed by atoms with van der Waals surface area (Å²) < 4.78 is 0. The maximum Gasteiger partial charge on any atom is 0.0408 e. The SMILES string of the molecule is Cc1cc(C)c(C)c(N2C(C)C3(C)CCC2(C)CC3)c1.Cc1cc(C)c(C)c(N2C(C)C3CCC2(C)CC3)c1.Cc1cc(C)c(C)c(N2C3CCC(C)(CC3)C2C)c1.Cc1cc(C)c(C)c(N2C3CCC(CC3)C2C)c1. The van der Waals surface area contributed by atoms with Crippen LogP contribution in [-0.2, 0) is 0 Å². The van der Waals surface area contributed by atoms with Crippen LogP contribution in [0.25, 0.3) is 0 Å². The third kappa shape index (κ3) is 10.3. The minimum absolute atomic E-state index is 0.363. The predicted octanol–water partition coefficient (Wildman–Crippen LogP) is 19.1. The highest BCUT2D eigenvalue weighted by molar-refractivity contribution is 5.64. The fourth-order valence-corrected chi connectivity index (χ4v) is 17.5. The van der Waals surface area contributed by atoms with Gasteiger partial charge in [-0.2, -0.15) is 0 Å². The van der Waals surface area contributed by atoms with Crippen molar-refractivity contribution in [1.82, 2.24) is 0 Å². The fraction of sp³-hybridized carbons (Fsp3) is 0.667. The standard InChI is InChI=1S/C19H29N.2C18H27N.C17H25N/c1-13-11-14(2)15(3)17(12-13)20-16(4)18(5)7-9-19(20,6)10-8-18;1-12-10-13(2)14(3)17(11-12)19-15(4)18(5)8-6-16(19)7-9-18;1-12-10-13(2)14(3)17(11-12)19-15(4)16-6-8-18(19,5)9-7-16;1-11-9-12(2)13(3)17(10-11)18-14(4)15-5-7-16(18)8-6-15/h11-12,16H,7-10H2,1-6H3;2*10-11,15-16H,6-9H2,1-5H3;9-10,14-16H,5-8H2,1-4H3. The van der Waals surface area contributed by atoms with Crippen molar-refractivity contribution >= 4 is 22.7 Å². The van der Waals surface area contributed by atoms with Gasteiger partial charge in [0.1, 0.15) is 0 Å². The monoisotopic (exact) mass is 1030 g/mol. The lowest BCUT2D eigenvalue weighted by molar-refractivity contribution is 0.0508. The summed E-state index contributed by atoms with van der Waals surface area (Å²) in [5.74, 6) is 1.83. The summed E-state index contributed by atoms with van der Waals surface area (Å²) in [6.45, 7) is 46.8. The van der Waals surface area contributed by atoms with Crippen LogP contribution in [0.15, 0.2) is 48.5 Å². The smallest absolute Gasteiger partial charge is 0.0408 e. The summed E-state index contributed by atoms with van der Waals surface area (Å²) in [7, 11) is 0. The Morgan fingerprint density at radius 1 is 0.329 bits per heavy atom. The maximum absolute atomic E-state index is 2.77. The molecule has 4 heteroatoms. The Morgan fingerprint density at radius 3 is 1.12 bits per heavy atom. The molecule has 0 aromatic heterocycles. The average Bonchev–Trinajstić information content (AvgIpc) is 3.42. The molecule has 4 aliphatic carbocycles. The normalized spacial score (nSPS) is 33.8. The Labute approximate surface area is 466 Å². The van der Waals surface area contributed by atoms with Crippen LogP contribution in [0.5, 0.6) is 0 Å². The van der Waals surface area contributed by atoms with Crippen LogP contribution in [0.3, 0.4) is 0 Å². The molecule has 416 valence electrons. The molecule has 8 heterocycles. The second-order valence-electron chi connectivity index (χ2n) is 28.7. The maximum atomic E-state index is 2.77. The van der Waals surface area contributed by atoms with E-state index in [-0.39, 0.29) is 0 Å². The molecule has 4 nitrogen and oxygen atoms in total. The van der Waals surface area contributed by atoms with Crippen LogP contribution in [0, 0.1) is 106 Å². The number of nitrogens with zero attached hydrogens (tertiary/aromatic N) is 4. The molecule has 8 bridgehead atoms. The van der Waals surface area contributed by atoms with E-state index in [0.29, 0.717) is 40.0 Å². The summed E-state index contributed by atoms with van der Waals surface area (Å²) in [4.78, 5) is 11.0. The summed E-state index contributed by atoms with van der Waals surface area (Å²) >= 11 is 0. The minimum atomic E-state index is 0.363. The zero-order valence-electron chi connectivity index (χ0n) is 52.3. The highest BCUT2D eigenvalue weighted by atomic mass is 15.3. The van der Waals surface area contributed by atoms with E-state index in [1.807, 2.05) is 0 Å². The Balaban J connectivity index is 0.000000124. The van der Waals surface area contributed by atoms with Crippen molar-refractivity contribution in [2.75, 3.05) is 19.6 Å². The number of hydrogen-bond acceptors (Lipinski definition) is 4. The van der Waals surface area contributed by atoms with E-state index in [1.165, 1.54) is 192 Å². The molecule has 0 N–H and O–H groups in total. The van der Waals surface area contributed by atoms with Crippen molar-refractivity contribution in [1.29, 1.82) is 0 Å². The van der Waals surface area contributed by atoms with Gasteiger partial charge in [0, 0.05) is 70.1 Å². The molecule has 8 saturated heterocycles. The minimum Gasteiger partial charge on any atom is -0.365 e. The molecule has 4 unspecified atom stereocenters. The molecule has 0 radical (unpaired) electrons. The van der Waals surface area contributed by atoms with Crippen LogP contribution in [0.4, 0.5) is 22.7 Å². The number of aryl methyl sites for hydroxylation is 8. The van der Waals surface area contributed by atoms with E-state index < -0.39 is 0 Å². The average molecular weight is 1030 g/mol. The van der Waals surface area contributed by atoms with Crippen LogP contribution in [0.2, 0.25) is 0 Å². The van der Waals surface area contributed by atoms with Crippen molar-refractivity contribution in [3.63, 3.8) is 0 Å². The molecule has 4 saturated carbocycles. The molecule has 8 aliphatic heterocycles. The molecule has 16 rings (SSSR count). The summed E-state index contributed by atoms with van der Waals surface area (Å²) in [6.07, 6.45) is 22.4. The molecule has 4 aromatic carbocycles. The highest BCUT2D eigenvalue weighted by Crippen LogP contribution is 2.56. The number of hydrogen-bond donors (Lipinski definition) is 0. The van der Waals surface area contributed by atoms with Crippen LogP contribution >= 0.6 is 0 Å². The third-order valence-corrected chi connectivity index (χ3v) is 23.6. The zero-order valence-corrected chi connectivity index (χ0v) is 52.3. The molecule has 76 heavy (non-hydrogen) atoms. The van der Waals surface area contributed by atoms with Crippen molar-refractivity contribution in [2.24, 2.45) is 22.7 Å². The van der Waals surface area contributed by atoms with E-state index >= 15 is 0 Å². The lowest BCUT2D eigenvalue weighted by atomic mass is 9.59. The van der Waals surface area contributed by atoms with Crippen LogP contribution in [0.1, 0.15) is 225 Å². The first-order chi connectivity index (χ1) is 35.7. The molecule has 0 spiro atoms. The van der Waals surface area contributed by atoms with E-state index in [1.54, 1.807) is 0 Å². The van der Waals surface area contributed by atoms with E-state index in [0.717, 1.165) is 30.0 Å². The van der Waals surface area contributed by atoms with Crippen molar-refractivity contribution in [3.05, 3.63) is 115 Å². The van der Waals surface area contributed by atoms with Crippen LogP contribution < -0.4 is 19.6 Å². The summed E-state index contributed by atoms with van der Waals surface area (Å²) in [5, 5.41) is 0. The summed E-state index contributed by atoms with van der Waals surface area (Å²) in [6, 6.07) is 23.2. The van der Waals surface area contributed by atoms with Crippen molar-refractivity contribution in [2.45, 2.75) is 289 Å². The molecular weight excluding hydrogens is 921 g/mol. The molecular formula is C72H108N4. The Bertz CT molecular complexity index is 2720. The third-order valence-electron chi connectivity index (χ3n) is 23.6. The largest absolute Gasteiger partial charge is 0.365 e. The fourth-order valence-electron chi connectivity index (χ4n) is 17.5. The zero-order chi connectivity index (χ0) is 55.1. The van der Waals surface area contributed by atoms with Crippen molar-refractivity contribution in [3.8, 4) is 0 Å². The molecule has 4 atom stereocenters. The first-order valence-corrected chi connectivity index (χ1v) is 31.2. The van der Waals surface area contributed by atoms with Crippen LogP contribution in [-0.4, -0.2) is 47.3 Å². The number of benzene rings is 4. The Hall–Kier alpha value is -3.92. The first kappa shape index (κ1) is 56.8. The quantitative estimate of drug-likeness (QED) is 0.202. The molecule has 12 aliphatic rings. The van der Waals surface area contributed by atoms with Gasteiger partial charge in [-0.3, -0.25) is 0 Å². The number of fused-ring (bicyclic) bond motifs is 12. The highest BCUT2D eigenvalue weighted by Gasteiger charge is 2.54. The summed E-state index contributed by atoms with van der Waals surface area (Å²) in [5.41, 5.74) is 25.0. The predicted molar refractivity (Wildman–Crippen MR) is 332 cm³/mol. The second-order valence-corrected chi connectivity index (χ2v) is 28.7. The van der Waals surface area contributed by atoms with E-state index in [9.17, 15) is 0 Å². The molecule has 0 amide bonds. The van der Waals surface area contributed by atoms with Crippen molar-refractivity contribution < 1.29 is 0 Å². The van der Waals surface area contributed by atoms with E-state index in [2.05, 4.69) is 207 Å². The van der Waals surface area contributed by atoms with Gasteiger partial charge in [-0.15, -0.1) is 0 Å². The van der Waals surface area contributed by atoms with Gasteiger partial charge in [-0.1, -0.05) is 38.1 Å². The Morgan fingerprint density at radius 2 is 0.684 bits per heavy atom. The Kier molecular flexibility index (Phi) is 15.9. The van der Waals surface area contributed by atoms with Gasteiger partial charge in [0.25, 0.3) is 0 Å². The number of anilines is 4. The van der Waals surface area contributed by atoms with Gasteiger partial charge >= 0.3 is 0 Å². The lowest BCUT2D eigenvalue weighted by Crippen LogP contribution is -2.65. The van der Waals surface area contributed by atoms with Gasteiger partial charge in [0.05, 0.1) is 0 Å². The molecule has 4 aromatic rings. The first-order valence-electron chi connectivity index (χ1n) is 31.2. The molecule has 12 fully saturated rings. The van der Waals surface area contributed by atoms with E-state index in [4.69, 9.17) is 0 Å². The lowest BCUT2D eigenvalue weighted by Gasteiger charge is -2.63.